The van der Waals surface area contributed by atoms with E-state index in [0.717, 1.165) is 22.3 Å². The molecule has 186 valence electrons. The number of rotatable bonds is 9. The van der Waals surface area contributed by atoms with E-state index in [9.17, 15) is 14.4 Å². The number of alkyl carbamates (subject to hydrolysis) is 1. The van der Waals surface area contributed by atoms with Gasteiger partial charge in [0.25, 0.3) is 5.91 Å². The van der Waals surface area contributed by atoms with Crippen LogP contribution >= 0.6 is 0 Å². The fourth-order valence-corrected chi connectivity index (χ4v) is 4.66. The van der Waals surface area contributed by atoms with Gasteiger partial charge in [-0.2, -0.15) is 8.78 Å². The molecule has 0 aromatic heterocycles. The summed E-state index contributed by atoms with van der Waals surface area (Å²) >= 11 is 0. The van der Waals surface area contributed by atoms with Gasteiger partial charge in [0.2, 0.25) is 0 Å². The molecule has 0 heterocycles. The molecule has 0 radical (unpaired) electrons. The van der Waals surface area contributed by atoms with Crippen molar-refractivity contribution in [2.75, 3.05) is 6.61 Å². The van der Waals surface area contributed by atoms with E-state index in [1.54, 1.807) is 0 Å². The van der Waals surface area contributed by atoms with Crippen LogP contribution in [0.5, 0.6) is 0 Å². The smallest absolute Gasteiger partial charge is 0.407 e. The highest BCUT2D eigenvalue weighted by Crippen LogP contribution is 2.44. The van der Waals surface area contributed by atoms with Crippen LogP contribution in [0.3, 0.4) is 0 Å². The Balaban J connectivity index is 1.43. The summed E-state index contributed by atoms with van der Waals surface area (Å²) in [4.78, 5) is 36.0. The van der Waals surface area contributed by atoms with E-state index in [1.165, 1.54) is 13.8 Å². The molecular weight excluding hydrogens is 458 g/mol. The lowest BCUT2D eigenvalue weighted by atomic mass is 9.98. The molecule has 1 saturated carbocycles. The van der Waals surface area contributed by atoms with Crippen LogP contribution in [0.25, 0.3) is 11.1 Å². The van der Waals surface area contributed by atoms with Gasteiger partial charge >= 0.3 is 18.0 Å². The van der Waals surface area contributed by atoms with Crippen LogP contribution in [0.15, 0.2) is 48.5 Å². The van der Waals surface area contributed by atoms with Crippen molar-refractivity contribution in [3.8, 4) is 11.1 Å². The minimum Gasteiger partial charge on any atom is -0.481 e. The number of alkyl halides is 2. The number of fused-ring (bicyclic) bond motifs is 3. The number of aliphatic carboxylic acids is 1. The first-order chi connectivity index (χ1) is 16.5. The van der Waals surface area contributed by atoms with Crippen LogP contribution in [0.4, 0.5) is 13.6 Å². The topological polar surface area (TPSA) is 105 Å². The van der Waals surface area contributed by atoms with E-state index in [2.05, 4.69) is 10.6 Å². The van der Waals surface area contributed by atoms with Crippen LogP contribution in [0.2, 0.25) is 0 Å². The second-order valence-corrected chi connectivity index (χ2v) is 9.82. The van der Waals surface area contributed by atoms with Gasteiger partial charge in [0.15, 0.2) is 0 Å². The zero-order valence-corrected chi connectivity index (χ0v) is 19.5. The first-order valence-corrected chi connectivity index (χ1v) is 11.5. The Labute approximate surface area is 201 Å². The van der Waals surface area contributed by atoms with Crippen molar-refractivity contribution < 1.29 is 33.0 Å². The van der Waals surface area contributed by atoms with Gasteiger partial charge in [-0.1, -0.05) is 48.5 Å². The fraction of sp³-hybridized carbons (Fsp3) is 0.423. The van der Waals surface area contributed by atoms with Gasteiger partial charge in [0, 0.05) is 11.5 Å². The Morgan fingerprint density at radius 1 is 1.03 bits per heavy atom. The van der Waals surface area contributed by atoms with E-state index in [-0.39, 0.29) is 12.5 Å². The average molecular weight is 487 g/mol. The molecule has 2 aromatic carbocycles. The molecule has 0 bridgehead atoms. The number of nitrogens with one attached hydrogen (secondary N) is 2. The van der Waals surface area contributed by atoms with Crippen LogP contribution in [0.1, 0.15) is 50.2 Å². The SMILES string of the molecule is CC(C)(CC(=O)O)NC(=O)C(F)(F)C(NC(=O)OCC1c2ccccc2-c2ccccc21)C1CC1. The minimum atomic E-state index is -3.94. The van der Waals surface area contributed by atoms with Crippen LogP contribution in [0, 0.1) is 5.92 Å². The number of amides is 2. The number of benzene rings is 2. The molecule has 2 aliphatic rings. The Bertz CT molecular complexity index is 1100. The highest BCUT2D eigenvalue weighted by atomic mass is 19.3. The van der Waals surface area contributed by atoms with Crippen LogP contribution < -0.4 is 10.6 Å². The van der Waals surface area contributed by atoms with Crippen molar-refractivity contribution in [1.82, 2.24) is 10.6 Å². The van der Waals surface area contributed by atoms with Gasteiger partial charge in [0.05, 0.1) is 6.42 Å². The predicted molar refractivity (Wildman–Crippen MR) is 124 cm³/mol. The molecule has 9 heteroatoms. The summed E-state index contributed by atoms with van der Waals surface area (Å²) in [5.74, 6) is -7.59. The molecule has 0 saturated heterocycles. The lowest BCUT2D eigenvalue weighted by molar-refractivity contribution is -0.153. The molecule has 7 nitrogen and oxygen atoms in total. The van der Waals surface area contributed by atoms with Gasteiger partial charge in [-0.3, -0.25) is 9.59 Å². The average Bonchev–Trinajstić information content (AvgIpc) is 3.57. The quantitative estimate of drug-likeness (QED) is 0.490. The summed E-state index contributed by atoms with van der Waals surface area (Å²) < 4.78 is 35.6. The summed E-state index contributed by atoms with van der Waals surface area (Å²) in [6.45, 7) is 2.65. The minimum absolute atomic E-state index is 0.0410. The third-order valence-electron chi connectivity index (χ3n) is 6.45. The zero-order valence-electron chi connectivity index (χ0n) is 19.5. The maximum absolute atomic E-state index is 15.1. The normalized spacial score (nSPS) is 16.1. The second kappa shape index (κ2) is 9.28. The molecule has 1 fully saturated rings. The first-order valence-electron chi connectivity index (χ1n) is 11.5. The molecule has 2 amide bonds. The monoisotopic (exact) mass is 486 g/mol. The zero-order chi connectivity index (χ0) is 25.4. The maximum Gasteiger partial charge on any atom is 0.407 e. The highest BCUT2D eigenvalue weighted by Gasteiger charge is 2.55. The van der Waals surface area contributed by atoms with Gasteiger partial charge in [0.1, 0.15) is 12.6 Å². The van der Waals surface area contributed by atoms with Crippen molar-refractivity contribution >= 4 is 18.0 Å². The third-order valence-corrected chi connectivity index (χ3v) is 6.45. The Kier molecular flexibility index (Phi) is 6.53. The van der Waals surface area contributed by atoms with E-state index in [0.29, 0.717) is 12.8 Å². The summed E-state index contributed by atoms with van der Waals surface area (Å²) in [5, 5.41) is 13.3. The molecule has 4 rings (SSSR count). The van der Waals surface area contributed by atoms with Crippen molar-refractivity contribution in [3.63, 3.8) is 0 Å². The van der Waals surface area contributed by atoms with Crippen molar-refractivity contribution in [2.24, 2.45) is 5.92 Å². The number of carboxylic acids is 1. The Morgan fingerprint density at radius 2 is 1.57 bits per heavy atom. The number of ether oxygens (including phenoxy) is 1. The molecule has 2 aromatic rings. The number of carbonyl (C=O) groups is 3. The van der Waals surface area contributed by atoms with Crippen LogP contribution in [-0.2, 0) is 14.3 Å². The molecule has 0 aliphatic heterocycles. The van der Waals surface area contributed by atoms with E-state index in [4.69, 9.17) is 9.84 Å². The fourth-order valence-electron chi connectivity index (χ4n) is 4.66. The number of halogens is 2. The molecule has 35 heavy (non-hydrogen) atoms. The maximum atomic E-state index is 15.1. The number of hydrogen-bond donors (Lipinski definition) is 3. The van der Waals surface area contributed by atoms with Crippen molar-refractivity contribution in [3.05, 3.63) is 59.7 Å². The second-order valence-electron chi connectivity index (χ2n) is 9.82. The van der Waals surface area contributed by atoms with Crippen LogP contribution in [-0.4, -0.2) is 47.2 Å². The Hall–Kier alpha value is -3.49. The summed E-state index contributed by atoms with van der Waals surface area (Å²) in [6, 6.07) is 13.8. The highest BCUT2D eigenvalue weighted by molar-refractivity contribution is 5.86. The van der Waals surface area contributed by atoms with Crippen molar-refractivity contribution in [1.29, 1.82) is 0 Å². The molecule has 1 unspecified atom stereocenters. The predicted octanol–water partition coefficient (Wildman–Crippen LogP) is 4.31. The lowest BCUT2D eigenvalue weighted by Gasteiger charge is -2.31. The van der Waals surface area contributed by atoms with E-state index < -0.39 is 47.8 Å². The van der Waals surface area contributed by atoms with E-state index in [1.807, 2.05) is 48.5 Å². The van der Waals surface area contributed by atoms with Gasteiger partial charge < -0.3 is 20.5 Å². The molecule has 1 atom stereocenters. The third kappa shape index (κ3) is 5.28. The molecule has 2 aliphatic carbocycles. The van der Waals surface area contributed by atoms with Gasteiger partial charge in [-0.05, 0) is 54.9 Å². The summed E-state index contributed by atoms with van der Waals surface area (Å²) in [6.07, 6.45) is -0.672. The molecule has 3 N–H and O–H groups in total. The Morgan fingerprint density at radius 3 is 2.09 bits per heavy atom. The summed E-state index contributed by atoms with van der Waals surface area (Å²) in [7, 11) is 0. The molecule has 0 spiro atoms. The first kappa shape index (κ1) is 24.6. The van der Waals surface area contributed by atoms with Gasteiger partial charge in [-0.25, -0.2) is 4.79 Å². The number of carbonyl (C=O) groups excluding carboxylic acids is 2. The number of hydrogen-bond acceptors (Lipinski definition) is 4. The van der Waals surface area contributed by atoms with Gasteiger partial charge in [-0.15, -0.1) is 0 Å². The van der Waals surface area contributed by atoms with E-state index >= 15 is 8.78 Å². The summed E-state index contributed by atoms with van der Waals surface area (Å²) in [5.41, 5.74) is 2.68. The van der Waals surface area contributed by atoms with Crippen molar-refractivity contribution in [2.45, 2.75) is 56.5 Å². The number of carboxylic acid groups (broad SMARTS) is 1. The standard InChI is InChI=1S/C26H28F2N2O5/c1-25(2,13-21(31)32)30-23(33)26(27,28)22(15-11-12-15)29-24(34)35-14-20-18-9-5-3-7-16(18)17-8-4-6-10-19(17)20/h3-10,15,20,22H,11-14H2,1-2H3,(H,29,34)(H,30,33)(H,31,32). The lowest BCUT2D eigenvalue weighted by Crippen LogP contribution is -2.60. The molecular formula is C26H28F2N2O5. The largest absolute Gasteiger partial charge is 0.481 e.